The van der Waals surface area contributed by atoms with Crippen LogP contribution in [-0.2, 0) is 30.6 Å². The average molecular weight is 632 g/mol. The van der Waals surface area contributed by atoms with Crippen LogP contribution in [0.2, 0.25) is 0 Å². The predicted molar refractivity (Wildman–Crippen MR) is 155 cm³/mol. The first-order valence-electron chi connectivity index (χ1n) is 12.6. The summed E-state index contributed by atoms with van der Waals surface area (Å²) in [7, 11) is 1.64. The van der Waals surface area contributed by atoms with Crippen molar-refractivity contribution in [2.45, 2.75) is 57.0 Å². The number of benzene rings is 1. The molecule has 0 saturated carbocycles. The van der Waals surface area contributed by atoms with Gasteiger partial charge >= 0.3 is 12.6 Å². The topological polar surface area (TPSA) is 168 Å². The van der Waals surface area contributed by atoms with Crippen molar-refractivity contribution >= 4 is 58.9 Å². The van der Waals surface area contributed by atoms with E-state index in [9.17, 15) is 9.90 Å². The van der Waals surface area contributed by atoms with Gasteiger partial charge in [0.1, 0.15) is 18.0 Å². The number of hydrogen-bond donors (Lipinski definition) is 4. The summed E-state index contributed by atoms with van der Waals surface area (Å²) in [6, 6.07) is 7.58. The smallest absolute Gasteiger partial charge is 0.323 e. The summed E-state index contributed by atoms with van der Waals surface area (Å²) in [5.41, 5.74) is 4.37. The molecule has 3 heterocycles. The van der Waals surface area contributed by atoms with Crippen LogP contribution in [0.4, 0.5) is 16.2 Å². The fourth-order valence-corrected chi connectivity index (χ4v) is 6.90. The van der Waals surface area contributed by atoms with Gasteiger partial charge in [0.15, 0.2) is 22.6 Å². The number of nitrogens with zero attached hydrogens (tertiary/aromatic N) is 4. The van der Waals surface area contributed by atoms with Crippen molar-refractivity contribution < 1.29 is 32.8 Å². The number of rotatable bonds is 12. The standard InChI is InChI=1S/C24H32ClFN7O6PS/c1-14(2)37-21(34)15(3)32-40(41,39-16-8-6-5-7-9-16)36-12-23(11-25)24(26,35)10-17(38-23)33-13-29-18-19(28-4)30-22(27)31-20(18)33/h5-9,13-15,17,35H,10-12H2,1-4H3,(H,32,41)(H3,27,28,30,31)/t15-,17+,23+,24-,40?/m0/s1. The second-order valence-electron chi connectivity index (χ2n) is 9.68. The number of anilines is 2. The molecular formula is C24H32ClFN7O6PS. The molecule has 1 aliphatic heterocycles. The number of fused-ring (bicyclic) bond motifs is 1. The Hall–Kier alpha value is -2.65. The van der Waals surface area contributed by atoms with Crippen LogP contribution in [0.25, 0.3) is 11.2 Å². The number of nitrogens with two attached hydrogens (primary N) is 1. The van der Waals surface area contributed by atoms with E-state index in [4.69, 9.17) is 47.7 Å². The highest BCUT2D eigenvalue weighted by Crippen LogP contribution is 2.51. The Morgan fingerprint density at radius 3 is 2.71 bits per heavy atom. The number of aliphatic hydroxyl groups is 1. The Balaban J connectivity index is 1.61. The molecule has 3 aromatic rings. The fourth-order valence-electron chi connectivity index (χ4n) is 4.12. The average Bonchev–Trinajstić information content (AvgIpc) is 3.45. The number of aromatic nitrogens is 4. The number of nitrogens with one attached hydrogen (secondary N) is 2. The Kier molecular flexibility index (Phi) is 9.38. The third kappa shape index (κ3) is 6.72. The molecule has 0 aliphatic carbocycles. The van der Waals surface area contributed by atoms with Gasteiger partial charge < -0.3 is 34.7 Å². The van der Waals surface area contributed by atoms with E-state index in [2.05, 4.69) is 25.4 Å². The van der Waals surface area contributed by atoms with Gasteiger partial charge in [0.05, 0.1) is 31.3 Å². The van der Waals surface area contributed by atoms with Crippen molar-refractivity contribution in [3.8, 4) is 5.75 Å². The highest BCUT2D eigenvalue weighted by Gasteiger charge is 2.61. The lowest BCUT2D eigenvalue weighted by molar-refractivity contribution is -0.203. The van der Waals surface area contributed by atoms with Gasteiger partial charge in [0.25, 0.3) is 0 Å². The number of nitrogen functional groups attached to an aromatic ring is 1. The quantitative estimate of drug-likeness (QED) is 0.131. The van der Waals surface area contributed by atoms with Gasteiger partial charge in [0.2, 0.25) is 11.8 Å². The van der Waals surface area contributed by atoms with Crippen LogP contribution < -0.4 is 20.7 Å². The Labute approximate surface area is 246 Å². The maximum absolute atomic E-state index is 15.9. The molecule has 5 atom stereocenters. The van der Waals surface area contributed by atoms with E-state index >= 15 is 4.39 Å². The molecule has 2 aromatic heterocycles. The Morgan fingerprint density at radius 2 is 2.07 bits per heavy atom. The monoisotopic (exact) mass is 631 g/mol. The molecule has 0 radical (unpaired) electrons. The summed E-state index contributed by atoms with van der Waals surface area (Å²) >= 11 is 11.9. The van der Waals surface area contributed by atoms with Crippen LogP contribution in [0.5, 0.6) is 5.75 Å². The summed E-state index contributed by atoms with van der Waals surface area (Å²) in [5, 5.41) is 16.7. The van der Waals surface area contributed by atoms with Crippen molar-refractivity contribution in [3.63, 3.8) is 0 Å². The van der Waals surface area contributed by atoms with E-state index in [0.717, 1.165) is 0 Å². The van der Waals surface area contributed by atoms with Crippen LogP contribution in [0.3, 0.4) is 0 Å². The highest BCUT2D eigenvalue weighted by molar-refractivity contribution is 8.09. The van der Waals surface area contributed by atoms with E-state index in [-0.39, 0.29) is 17.7 Å². The van der Waals surface area contributed by atoms with Crippen molar-refractivity contribution in [3.05, 3.63) is 36.7 Å². The van der Waals surface area contributed by atoms with Crippen LogP contribution in [0.1, 0.15) is 33.4 Å². The molecule has 1 aliphatic rings. The van der Waals surface area contributed by atoms with Gasteiger partial charge in [-0.1, -0.05) is 18.2 Å². The summed E-state index contributed by atoms with van der Waals surface area (Å²) in [4.78, 5) is 25.1. The minimum atomic E-state index is -3.59. The minimum absolute atomic E-state index is 0.0426. The van der Waals surface area contributed by atoms with Crippen LogP contribution in [0, 0.1) is 0 Å². The largest absolute Gasteiger partial charge is 0.462 e. The molecule has 1 aromatic carbocycles. The van der Waals surface area contributed by atoms with Crippen LogP contribution >= 0.6 is 18.2 Å². The number of hydrogen-bond acceptors (Lipinski definition) is 12. The molecule has 0 spiro atoms. The number of alkyl halides is 2. The van der Waals surface area contributed by atoms with Crippen molar-refractivity contribution in [1.29, 1.82) is 0 Å². The van der Waals surface area contributed by atoms with Gasteiger partial charge in [-0.05, 0) is 44.7 Å². The minimum Gasteiger partial charge on any atom is -0.462 e. The first kappa shape index (κ1) is 31.3. The predicted octanol–water partition coefficient (Wildman–Crippen LogP) is 3.25. The number of para-hydroxylation sites is 1. The van der Waals surface area contributed by atoms with E-state index in [0.29, 0.717) is 17.1 Å². The van der Waals surface area contributed by atoms with Crippen molar-refractivity contribution in [2.24, 2.45) is 0 Å². The summed E-state index contributed by atoms with van der Waals surface area (Å²) in [6.07, 6.45) is -0.634. The zero-order valence-electron chi connectivity index (χ0n) is 22.8. The van der Waals surface area contributed by atoms with E-state index in [1.807, 2.05) is 0 Å². The molecule has 41 heavy (non-hydrogen) atoms. The van der Waals surface area contributed by atoms with E-state index < -0.39 is 55.2 Å². The number of carbonyl (C=O) groups excluding carboxylic acids is 1. The van der Waals surface area contributed by atoms with E-state index in [1.54, 1.807) is 51.2 Å². The lowest BCUT2D eigenvalue weighted by Crippen LogP contribution is -2.53. The second-order valence-corrected chi connectivity index (χ2v) is 13.1. The number of ether oxygens (including phenoxy) is 2. The molecule has 1 fully saturated rings. The van der Waals surface area contributed by atoms with Gasteiger partial charge in [-0.25, -0.2) is 14.5 Å². The highest BCUT2D eigenvalue weighted by atomic mass is 35.5. The maximum Gasteiger partial charge on any atom is 0.323 e. The summed E-state index contributed by atoms with van der Waals surface area (Å²) in [5.74, 6) is -3.42. The number of halogens is 2. The molecule has 224 valence electrons. The Morgan fingerprint density at radius 1 is 1.37 bits per heavy atom. The molecule has 1 unspecified atom stereocenters. The lowest BCUT2D eigenvalue weighted by atomic mass is 9.97. The second kappa shape index (κ2) is 12.3. The molecule has 17 heteroatoms. The van der Waals surface area contributed by atoms with Crippen LogP contribution in [0.15, 0.2) is 36.7 Å². The Bertz CT molecular complexity index is 1430. The SMILES string of the molecule is CNc1nc(N)nc2c1ncn2[C@H]1C[C@@](O)(F)[C@@](CCl)(COP(=S)(N[C@@H](C)C(=O)OC(C)C)Oc2ccccc2)O1. The first-order chi connectivity index (χ1) is 19.3. The molecule has 13 nitrogen and oxygen atoms in total. The van der Waals surface area contributed by atoms with Gasteiger partial charge in [-0.15, -0.1) is 11.6 Å². The zero-order valence-corrected chi connectivity index (χ0v) is 25.3. The van der Waals surface area contributed by atoms with Gasteiger partial charge in [-0.2, -0.15) is 9.97 Å². The molecular weight excluding hydrogens is 600 g/mol. The first-order valence-corrected chi connectivity index (χ1v) is 15.8. The third-order valence-corrected chi connectivity index (χ3v) is 9.11. The molecule has 1 saturated heterocycles. The molecule has 5 N–H and O–H groups in total. The van der Waals surface area contributed by atoms with Crippen molar-refractivity contribution in [1.82, 2.24) is 24.6 Å². The molecule has 0 amide bonds. The summed E-state index contributed by atoms with van der Waals surface area (Å²) in [6.45, 7) is 0.728. The van der Waals surface area contributed by atoms with E-state index in [1.165, 1.54) is 17.8 Å². The van der Waals surface area contributed by atoms with Crippen molar-refractivity contribution in [2.75, 3.05) is 30.6 Å². The summed E-state index contributed by atoms with van der Waals surface area (Å²) < 4.78 is 40.6. The van der Waals surface area contributed by atoms with Gasteiger partial charge in [-0.3, -0.25) is 9.36 Å². The molecule has 4 rings (SSSR count). The number of carbonyl (C=O) groups is 1. The lowest BCUT2D eigenvalue weighted by Gasteiger charge is -2.35. The van der Waals surface area contributed by atoms with Gasteiger partial charge in [0, 0.05) is 7.05 Å². The third-order valence-electron chi connectivity index (χ3n) is 6.20. The number of imidazole rings is 1. The zero-order chi connectivity index (χ0) is 30.0. The van der Waals surface area contributed by atoms with Crippen LogP contribution in [-0.4, -0.2) is 73.7 Å². The molecule has 0 bridgehead atoms. The maximum atomic E-state index is 15.9. The normalized spacial score (nSPS) is 24.7. The fraction of sp³-hybridized carbons (Fsp3) is 0.500. The number of esters is 1.